The second kappa shape index (κ2) is 10.8. The smallest absolute Gasteiger partial charge is 0.132 e. The molecule has 0 saturated heterocycles. The van der Waals surface area contributed by atoms with E-state index in [2.05, 4.69) is 18.8 Å². The fraction of sp³-hybridized carbons (Fsp3) is 0.920. The van der Waals surface area contributed by atoms with Crippen molar-refractivity contribution in [2.75, 3.05) is 0 Å². The molecule has 2 heteroatoms. The lowest BCUT2D eigenvalue weighted by molar-refractivity contribution is 0.104. The third-order valence-corrected chi connectivity index (χ3v) is 7.73. The summed E-state index contributed by atoms with van der Waals surface area (Å²) in [5.41, 5.74) is 0. The monoisotopic (exact) mass is 378 g/mol. The highest BCUT2D eigenvalue weighted by Gasteiger charge is 2.31. The summed E-state index contributed by atoms with van der Waals surface area (Å²) in [7, 11) is 0. The zero-order valence-electron chi connectivity index (χ0n) is 17.4. The molecule has 3 atom stereocenters. The van der Waals surface area contributed by atoms with Crippen LogP contribution in [0.3, 0.4) is 0 Å². The minimum absolute atomic E-state index is 0.0905. The normalized spacial score (nSPS) is 40.2. The van der Waals surface area contributed by atoms with Crippen LogP contribution in [0, 0.1) is 41.4 Å². The van der Waals surface area contributed by atoms with Gasteiger partial charge in [-0.25, -0.2) is 8.78 Å². The summed E-state index contributed by atoms with van der Waals surface area (Å²) in [6.45, 7) is 2.30. The van der Waals surface area contributed by atoms with E-state index in [1.165, 1.54) is 77.0 Å². The van der Waals surface area contributed by atoms with Crippen molar-refractivity contribution in [3.8, 4) is 11.8 Å². The Labute approximate surface area is 166 Å². The minimum atomic E-state index is -1.29. The molecule has 0 aromatic heterocycles. The SMILES string of the molecule is CCCCCC1CCC(C2CCC(C#CC3CCC(F)C(F)C3)CC2)CC1. The molecule has 0 amide bonds. The summed E-state index contributed by atoms with van der Waals surface area (Å²) in [4.78, 5) is 0. The Morgan fingerprint density at radius 1 is 0.667 bits per heavy atom. The molecule has 0 aromatic carbocycles. The minimum Gasteiger partial charge on any atom is -0.244 e. The zero-order valence-corrected chi connectivity index (χ0v) is 17.4. The van der Waals surface area contributed by atoms with Gasteiger partial charge in [-0.1, -0.05) is 57.3 Å². The highest BCUT2D eigenvalue weighted by Crippen LogP contribution is 2.42. The summed E-state index contributed by atoms with van der Waals surface area (Å²) in [5.74, 6) is 10.3. The zero-order chi connectivity index (χ0) is 19.1. The van der Waals surface area contributed by atoms with Crippen LogP contribution in [0.2, 0.25) is 0 Å². The van der Waals surface area contributed by atoms with Crippen molar-refractivity contribution in [3.63, 3.8) is 0 Å². The third kappa shape index (κ3) is 6.47. The predicted octanol–water partition coefficient (Wildman–Crippen LogP) is 7.66. The molecule has 27 heavy (non-hydrogen) atoms. The average Bonchev–Trinajstić information content (AvgIpc) is 2.70. The van der Waals surface area contributed by atoms with E-state index in [1.807, 2.05) is 0 Å². The number of alkyl halides is 2. The van der Waals surface area contributed by atoms with E-state index in [9.17, 15) is 8.78 Å². The summed E-state index contributed by atoms with van der Waals surface area (Å²) < 4.78 is 26.8. The molecule has 0 nitrogen and oxygen atoms in total. The fourth-order valence-corrected chi connectivity index (χ4v) is 5.81. The molecule has 0 radical (unpaired) electrons. The van der Waals surface area contributed by atoms with Gasteiger partial charge < -0.3 is 0 Å². The topological polar surface area (TPSA) is 0 Å². The quantitative estimate of drug-likeness (QED) is 0.340. The van der Waals surface area contributed by atoms with Crippen molar-refractivity contribution in [2.45, 2.75) is 116 Å². The van der Waals surface area contributed by atoms with Gasteiger partial charge in [0.1, 0.15) is 12.3 Å². The molecular weight excluding hydrogens is 338 g/mol. The van der Waals surface area contributed by atoms with Crippen LogP contribution in [-0.4, -0.2) is 12.3 Å². The maximum absolute atomic E-state index is 13.5. The lowest BCUT2D eigenvalue weighted by Crippen LogP contribution is -2.27. The van der Waals surface area contributed by atoms with Crippen LogP contribution in [0.1, 0.15) is 103 Å². The highest BCUT2D eigenvalue weighted by atomic mass is 19.2. The van der Waals surface area contributed by atoms with Gasteiger partial charge in [0.25, 0.3) is 0 Å². The van der Waals surface area contributed by atoms with Gasteiger partial charge in [0.05, 0.1) is 0 Å². The van der Waals surface area contributed by atoms with Crippen molar-refractivity contribution >= 4 is 0 Å². The molecule has 3 fully saturated rings. The first-order valence-corrected chi connectivity index (χ1v) is 11.9. The third-order valence-electron chi connectivity index (χ3n) is 7.73. The summed E-state index contributed by atoms with van der Waals surface area (Å²) in [6.07, 6.45) is 15.5. The van der Waals surface area contributed by atoms with E-state index < -0.39 is 12.3 Å². The lowest BCUT2D eigenvalue weighted by Gasteiger charge is -2.37. The second-order valence-electron chi connectivity index (χ2n) is 9.72. The van der Waals surface area contributed by atoms with E-state index in [4.69, 9.17) is 0 Å². The molecule has 154 valence electrons. The van der Waals surface area contributed by atoms with Crippen LogP contribution >= 0.6 is 0 Å². The molecule has 3 aliphatic carbocycles. The predicted molar refractivity (Wildman–Crippen MR) is 110 cm³/mol. The molecule has 3 saturated carbocycles. The standard InChI is InChI=1S/C25H40F2/c1-2-3-4-5-19-8-13-22(14-9-19)23-15-10-20(11-16-23)6-7-21-12-17-24(26)25(27)18-21/h19-25H,2-5,8-18H2,1H3. The van der Waals surface area contributed by atoms with Gasteiger partial charge in [0.15, 0.2) is 0 Å². The molecule has 0 bridgehead atoms. The Balaban J connectivity index is 1.34. The van der Waals surface area contributed by atoms with Gasteiger partial charge in [-0.3, -0.25) is 0 Å². The summed E-state index contributed by atoms with van der Waals surface area (Å²) >= 11 is 0. The van der Waals surface area contributed by atoms with Crippen molar-refractivity contribution in [1.29, 1.82) is 0 Å². The number of unbranched alkanes of at least 4 members (excludes halogenated alkanes) is 2. The van der Waals surface area contributed by atoms with Crippen LogP contribution in [0.5, 0.6) is 0 Å². The molecule has 0 N–H and O–H groups in total. The van der Waals surface area contributed by atoms with Gasteiger partial charge >= 0.3 is 0 Å². The number of halogens is 2. The Morgan fingerprint density at radius 2 is 1.26 bits per heavy atom. The molecule has 3 aliphatic rings. The first-order valence-electron chi connectivity index (χ1n) is 11.9. The van der Waals surface area contributed by atoms with Crippen molar-refractivity contribution in [2.24, 2.45) is 29.6 Å². The number of hydrogen-bond donors (Lipinski definition) is 0. The van der Waals surface area contributed by atoms with E-state index in [-0.39, 0.29) is 5.92 Å². The summed E-state index contributed by atoms with van der Waals surface area (Å²) in [5, 5.41) is 0. The van der Waals surface area contributed by atoms with Gasteiger partial charge in [-0.15, -0.1) is 0 Å². The first kappa shape index (κ1) is 21.1. The van der Waals surface area contributed by atoms with Gasteiger partial charge in [0, 0.05) is 11.8 Å². The molecule has 0 aliphatic heterocycles. The van der Waals surface area contributed by atoms with Crippen LogP contribution in [0.4, 0.5) is 8.78 Å². The molecule has 0 heterocycles. The fourth-order valence-electron chi connectivity index (χ4n) is 5.81. The van der Waals surface area contributed by atoms with Crippen LogP contribution in [0.25, 0.3) is 0 Å². The Hall–Kier alpha value is -0.580. The Kier molecular flexibility index (Phi) is 8.47. The second-order valence-corrected chi connectivity index (χ2v) is 9.72. The molecule has 0 spiro atoms. The largest absolute Gasteiger partial charge is 0.244 e. The van der Waals surface area contributed by atoms with Crippen molar-refractivity contribution in [1.82, 2.24) is 0 Å². The molecule has 3 rings (SSSR count). The molecular formula is C25H40F2. The highest BCUT2D eigenvalue weighted by molar-refractivity contribution is 5.10. The van der Waals surface area contributed by atoms with Crippen molar-refractivity contribution < 1.29 is 8.78 Å². The molecule has 0 aromatic rings. The van der Waals surface area contributed by atoms with E-state index in [0.717, 1.165) is 24.2 Å². The summed E-state index contributed by atoms with van der Waals surface area (Å²) in [6, 6.07) is 0. The number of rotatable bonds is 5. The van der Waals surface area contributed by atoms with Crippen LogP contribution < -0.4 is 0 Å². The van der Waals surface area contributed by atoms with E-state index >= 15 is 0 Å². The Morgan fingerprint density at radius 3 is 1.89 bits per heavy atom. The molecule has 3 unspecified atom stereocenters. The number of hydrogen-bond acceptors (Lipinski definition) is 0. The van der Waals surface area contributed by atoms with Gasteiger partial charge in [-0.2, -0.15) is 0 Å². The maximum atomic E-state index is 13.5. The average molecular weight is 379 g/mol. The van der Waals surface area contributed by atoms with Crippen LogP contribution in [-0.2, 0) is 0 Å². The maximum Gasteiger partial charge on any atom is 0.132 e. The van der Waals surface area contributed by atoms with Gasteiger partial charge in [-0.05, 0) is 75.5 Å². The van der Waals surface area contributed by atoms with Crippen LogP contribution in [0.15, 0.2) is 0 Å². The van der Waals surface area contributed by atoms with Crippen molar-refractivity contribution in [3.05, 3.63) is 0 Å². The van der Waals surface area contributed by atoms with Gasteiger partial charge in [0.2, 0.25) is 0 Å². The van der Waals surface area contributed by atoms with E-state index in [0.29, 0.717) is 18.8 Å². The van der Waals surface area contributed by atoms with E-state index in [1.54, 1.807) is 0 Å². The lowest BCUT2D eigenvalue weighted by atomic mass is 9.68. The Bertz CT molecular complexity index is 474. The first-order chi connectivity index (χ1) is 13.2.